The Labute approximate surface area is 213 Å². The van der Waals surface area contributed by atoms with Crippen LogP contribution in [0.15, 0.2) is 89.8 Å². The van der Waals surface area contributed by atoms with Crippen molar-refractivity contribution in [1.82, 2.24) is 9.21 Å². The number of sulfonamides is 1. The van der Waals surface area contributed by atoms with Gasteiger partial charge in [0.1, 0.15) is 12.3 Å². The Hall–Kier alpha value is -3.00. The Morgan fingerprint density at radius 3 is 2.17 bits per heavy atom. The summed E-state index contributed by atoms with van der Waals surface area (Å²) in [6, 6.07) is 25.4. The molecule has 0 saturated carbocycles. The number of amides is 1. The number of carbonyl (C=O) groups is 1. The number of benzene rings is 3. The number of likely N-dealkylation sites (tertiary alicyclic amines) is 1. The molecule has 0 aliphatic carbocycles. The number of hydrogen-bond acceptors (Lipinski definition) is 4. The molecule has 2 saturated heterocycles. The molecule has 0 unspecified atom stereocenters. The van der Waals surface area contributed by atoms with Gasteiger partial charge >= 0.3 is 0 Å². The molecule has 1 amide bonds. The zero-order valence-electron chi connectivity index (χ0n) is 20.8. The van der Waals surface area contributed by atoms with Crippen LogP contribution in [0.4, 0.5) is 0 Å². The molecule has 2 aliphatic rings. The van der Waals surface area contributed by atoms with Crippen molar-refractivity contribution in [3.05, 3.63) is 102 Å². The lowest BCUT2D eigenvalue weighted by atomic mass is 10.0. The molecule has 5 atom stereocenters. The molecule has 0 N–H and O–H groups in total. The van der Waals surface area contributed by atoms with Gasteiger partial charge in [0.05, 0.1) is 23.0 Å². The third kappa shape index (κ3) is 4.36. The summed E-state index contributed by atoms with van der Waals surface area (Å²) < 4.78 is 36.3. The molecule has 3 aromatic rings. The fraction of sp³-hybridized carbons (Fsp3) is 0.345. The third-order valence-electron chi connectivity index (χ3n) is 7.43. The molecule has 6 nitrogen and oxygen atoms in total. The topological polar surface area (TPSA) is 66.9 Å². The molecular weight excluding hydrogens is 472 g/mol. The molecule has 2 aliphatic heterocycles. The average molecular weight is 505 g/mol. The highest BCUT2D eigenvalue weighted by Gasteiger charge is 2.54. The maximum Gasteiger partial charge on any atom is 0.245 e. The van der Waals surface area contributed by atoms with E-state index in [4.69, 9.17) is 4.74 Å². The van der Waals surface area contributed by atoms with Crippen molar-refractivity contribution in [2.45, 2.75) is 69.0 Å². The van der Waals surface area contributed by atoms with Crippen LogP contribution in [0.5, 0.6) is 0 Å². The predicted octanol–water partition coefficient (Wildman–Crippen LogP) is 5.22. The summed E-state index contributed by atoms with van der Waals surface area (Å²) in [6.45, 7) is 5.82. The second kappa shape index (κ2) is 9.81. The highest BCUT2D eigenvalue weighted by atomic mass is 32.2. The first-order valence-corrected chi connectivity index (χ1v) is 13.9. The maximum atomic E-state index is 14.1. The molecule has 5 rings (SSSR count). The summed E-state index contributed by atoms with van der Waals surface area (Å²) in [4.78, 5) is 15.2. The second-order valence-corrected chi connectivity index (χ2v) is 11.6. The zero-order chi connectivity index (χ0) is 25.4. The van der Waals surface area contributed by atoms with Gasteiger partial charge < -0.3 is 9.64 Å². The minimum atomic E-state index is -3.89. The molecule has 188 valence electrons. The van der Waals surface area contributed by atoms with E-state index in [9.17, 15) is 13.2 Å². The van der Waals surface area contributed by atoms with Crippen LogP contribution >= 0.6 is 0 Å². The number of ether oxygens (including phenoxy) is 1. The molecule has 3 aromatic carbocycles. The van der Waals surface area contributed by atoms with Crippen LogP contribution in [0, 0.1) is 6.92 Å². The zero-order valence-corrected chi connectivity index (χ0v) is 21.6. The van der Waals surface area contributed by atoms with Gasteiger partial charge in [0.25, 0.3) is 0 Å². The van der Waals surface area contributed by atoms with E-state index in [0.717, 1.165) is 16.7 Å². The number of hydrogen-bond donors (Lipinski definition) is 0. The first-order chi connectivity index (χ1) is 17.3. The van der Waals surface area contributed by atoms with Crippen molar-refractivity contribution in [3.63, 3.8) is 0 Å². The molecular formula is C29H32N2O4S. The summed E-state index contributed by atoms with van der Waals surface area (Å²) in [5.74, 6) is 0.0171. The van der Waals surface area contributed by atoms with E-state index in [-0.39, 0.29) is 16.8 Å². The first kappa shape index (κ1) is 24.7. The number of rotatable bonds is 6. The molecule has 2 fully saturated rings. The quantitative estimate of drug-likeness (QED) is 0.461. The van der Waals surface area contributed by atoms with E-state index >= 15 is 0 Å². The van der Waals surface area contributed by atoms with Gasteiger partial charge in [-0.15, -0.1) is 0 Å². The van der Waals surface area contributed by atoms with Crippen LogP contribution < -0.4 is 0 Å². The number of aryl methyl sites for hydroxylation is 1. The van der Waals surface area contributed by atoms with Crippen LogP contribution in [-0.2, 0) is 19.6 Å². The normalized spacial score (nSPS) is 25.9. The molecule has 36 heavy (non-hydrogen) atoms. The van der Waals surface area contributed by atoms with E-state index in [0.29, 0.717) is 12.8 Å². The van der Waals surface area contributed by atoms with Crippen LogP contribution in [-0.4, -0.2) is 41.8 Å². The van der Waals surface area contributed by atoms with Gasteiger partial charge in [0.2, 0.25) is 15.9 Å². The van der Waals surface area contributed by atoms with Crippen LogP contribution in [0.1, 0.15) is 55.5 Å². The van der Waals surface area contributed by atoms with Crippen molar-refractivity contribution in [1.29, 1.82) is 0 Å². The van der Waals surface area contributed by atoms with Gasteiger partial charge in [-0.1, -0.05) is 78.4 Å². The Morgan fingerprint density at radius 1 is 0.917 bits per heavy atom. The van der Waals surface area contributed by atoms with Gasteiger partial charge in [-0.3, -0.25) is 4.79 Å². The van der Waals surface area contributed by atoms with Gasteiger partial charge in [-0.25, -0.2) is 8.42 Å². The Kier molecular flexibility index (Phi) is 6.72. The lowest BCUT2D eigenvalue weighted by Gasteiger charge is -2.37. The van der Waals surface area contributed by atoms with Crippen LogP contribution in [0.3, 0.4) is 0 Å². The summed E-state index contributed by atoms with van der Waals surface area (Å²) in [6.07, 6.45) is -0.339. The van der Waals surface area contributed by atoms with Crippen LogP contribution in [0.25, 0.3) is 0 Å². The van der Waals surface area contributed by atoms with E-state index < -0.39 is 34.4 Å². The van der Waals surface area contributed by atoms with E-state index in [1.165, 1.54) is 4.31 Å². The highest BCUT2D eigenvalue weighted by molar-refractivity contribution is 7.89. The Bertz CT molecular complexity index is 1310. The van der Waals surface area contributed by atoms with Gasteiger partial charge in [-0.2, -0.15) is 4.31 Å². The molecule has 0 aromatic heterocycles. The summed E-state index contributed by atoms with van der Waals surface area (Å²) in [5, 5.41) is 0. The highest BCUT2D eigenvalue weighted by Crippen LogP contribution is 2.44. The van der Waals surface area contributed by atoms with E-state index in [1.807, 2.05) is 86.3 Å². The largest absolute Gasteiger partial charge is 0.350 e. The lowest BCUT2D eigenvalue weighted by molar-refractivity contribution is -0.135. The van der Waals surface area contributed by atoms with Gasteiger partial charge in [-0.05, 0) is 50.5 Å². The summed E-state index contributed by atoms with van der Waals surface area (Å²) in [5.41, 5.74) is 2.92. The minimum absolute atomic E-state index is 0.0171. The van der Waals surface area contributed by atoms with Crippen molar-refractivity contribution in [2.24, 2.45) is 0 Å². The number of carbonyl (C=O) groups excluding carboxylic acids is 1. The van der Waals surface area contributed by atoms with Crippen molar-refractivity contribution < 1.29 is 17.9 Å². The third-order valence-corrected chi connectivity index (χ3v) is 9.39. The Morgan fingerprint density at radius 2 is 1.53 bits per heavy atom. The smallest absolute Gasteiger partial charge is 0.245 e. The first-order valence-electron chi connectivity index (χ1n) is 12.5. The second-order valence-electron chi connectivity index (χ2n) is 9.74. The predicted molar refractivity (Wildman–Crippen MR) is 138 cm³/mol. The van der Waals surface area contributed by atoms with Crippen molar-refractivity contribution in [3.8, 4) is 0 Å². The maximum absolute atomic E-state index is 14.1. The monoisotopic (exact) mass is 504 g/mol. The van der Waals surface area contributed by atoms with Gasteiger partial charge in [0, 0.05) is 6.42 Å². The van der Waals surface area contributed by atoms with E-state index in [2.05, 4.69) is 0 Å². The minimum Gasteiger partial charge on any atom is -0.350 e. The average Bonchev–Trinajstić information content (AvgIpc) is 3.44. The summed E-state index contributed by atoms with van der Waals surface area (Å²) in [7, 11) is -3.89. The fourth-order valence-corrected chi connectivity index (χ4v) is 7.27. The molecule has 7 heteroatoms. The van der Waals surface area contributed by atoms with Crippen molar-refractivity contribution >= 4 is 15.9 Å². The molecule has 0 spiro atoms. The molecule has 0 bridgehead atoms. The fourth-order valence-electron chi connectivity index (χ4n) is 5.54. The summed E-state index contributed by atoms with van der Waals surface area (Å²) >= 11 is 0. The standard InChI is InChI=1S/C29H32N2O4S/c1-20-14-16-25(17-15-20)36(33,34)31-22(3)28(24-12-8-5-9-13-24)35-29(31)26-18-19-27(32)30(26)21(2)23-10-6-4-7-11-23/h4-17,21-22,26,28-29H,18-19H2,1-3H3/t21-,22+,26-,28+,29-/m1/s1. The van der Waals surface area contributed by atoms with Crippen molar-refractivity contribution in [2.75, 3.05) is 0 Å². The molecule has 2 heterocycles. The number of nitrogens with zero attached hydrogens (tertiary/aromatic N) is 2. The van der Waals surface area contributed by atoms with Crippen LogP contribution in [0.2, 0.25) is 0 Å². The van der Waals surface area contributed by atoms with Gasteiger partial charge in [0.15, 0.2) is 0 Å². The SMILES string of the molecule is Cc1ccc(S(=O)(=O)N2[C@@H]([C@H]3CCC(=O)N3[C@H](C)c3ccccc3)O[C@H](c3ccccc3)[C@@H]2C)cc1. The van der Waals surface area contributed by atoms with E-state index in [1.54, 1.807) is 24.3 Å². The Balaban J connectivity index is 1.57. The molecule has 0 radical (unpaired) electrons. The lowest BCUT2D eigenvalue weighted by Crippen LogP contribution is -2.52.